The van der Waals surface area contributed by atoms with Crippen LogP contribution in [0, 0.1) is 5.82 Å². The molecule has 0 fully saturated rings. The van der Waals surface area contributed by atoms with Gasteiger partial charge in [-0.1, -0.05) is 0 Å². The molecular formula is C13H16FN3O4. The number of rotatable bonds is 5. The quantitative estimate of drug-likeness (QED) is 0.758. The monoisotopic (exact) mass is 297 g/mol. The van der Waals surface area contributed by atoms with E-state index in [1.807, 2.05) is 0 Å². The van der Waals surface area contributed by atoms with Crippen LogP contribution in [-0.2, 0) is 4.79 Å². The molecule has 0 saturated carbocycles. The van der Waals surface area contributed by atoms with Gasteiger partial charge in [0.1, 0.15) is 5.82 Å². The Balaban J connectivity index is 2.66. The van der Waals surface area contributed by atoms with Gasteiger partial charge in [-0.25, -0.2) is 14.0 Å². The van der Waals surface area contributed by atoms with Crippen LogP contribution in [0.1, 0.15) is 16.8 Å². The third kappa shape index (κ3) is 4.75. The van der Waals surface area contributed by atoms with Crippen LogP contribution in [0.3, 0.4) is 0 Å². The third-order valence-corrected chi connectivity index (χ3v) is 2.76. The summed E-state index contributed by atoms with van der Waals surface area (Å²) < 4.78 is 13.6. The first-order valence-corrected chi connectivity index (χ1v) is 6.10. The first kappa shape index (κ1) is 16.4. The number of carbonyl (C=O) groups is 3. The Morgan fingerprint density at radius 2 is 2.00 bits per heavy atom. The minimum atomic E-state index is -1.26. The smallest absolute Gasteiger partial charge is 0.335 e. The van der Waals surface area contributed by atoms with Crippen LogP contribution in [0.2, 0.25) is 0 Å². The van der Waals surface area contributed by atoms with Crippen molar-refractivity contribution >= 4 is 23.6 Å². The lowest BCUT2D eigenvalue weighted by molar-refractivity contribution is -0.120. The molecule has 0 saturated heterocycles. The summed E-state index contributed by atoms with van der Waals surface area (Å²) >= 11 is 0. The van der Waals surface area contributed by atoms with Crippen molar-refractivity contribution < 1.29 is 23.9 Å². The van der Waals surface area contributed by atoms with Gasteiger partial charge in [0, 0.05) is 27.1 Å². The van der Waals surface area contributed by atoms with Gasteiger partial charge >= 0.3 is 12.0 Å². The van der Waals surface area contributed by atoms with E-state index < -0.39 is 17.8 Å². The molecule has 1 aromatic rings. The highest BCUT2D eigenvalue weighted by atomic mass is 19.1. The van der Waals surface area contributed by atoms with E-state index in [1.54, 1.807) is 0 Å². The van der Waals surface area contributed by atoms with Crippen LogP contribution in [0.15, 0.2) is 18.2 Å². The average molecular weight is 297 g/mol. The van der Waals surface area contributed by atoms with Gasteiger partial charge in [0.2, 0.25) is 5.91 Å². The molecule has 114 valence electrons. The van der Waals surface area contributed by atoms with E-state index in [1.165, 1.54) is 31.1 Å². The van der Waals surface area contributed by atoms with Gasteiger partial charge in [-0.05, 0) is 18.2 Å². The van der Waals surface area contributed by atoms with Crippen LogP contribution in [0.5, 0.6) is 0 Å². The molecule has 1 rings (SSSR count). The van der Waals surface area contributed by atoms with Crippen molar-refractivity contribution in [2.45, 2.75) is 6.42 Å². The number of nitrogens with zero attached hydrogens (tertiary/aromatic N) is 1. The number of hydrogen-bond donors (Lipinski definition) is 3. The van der Waals surface area contributed by atoms with Gasteiger partial charge in [-0.3, -0.25) is 4.79 Å². The maximum Gasteiger partial charge on any atom is 0.335 e. The van der Waals surface area contributed by atoms with Crippen LogP contribution in [-0.4, -0.2) is 48.6 Å². The fraction of sp³-hybridized carbons (Fsp3) is 0.308. The van der Waals surface area contributed by atoms with Crippen molar-refractivity contribution in [3.05, 3.63) is 29.6 Å². The second-order valence-electron chi connectivity index (χ2n) is 4.27. The zero-order valence-electron chi connectivity index (χ0n) is 11.6. The molecule has 3 N–H and O–H groups in total. The van der Waals surface area contributed by atoms with E-state index in [0.29, 0.717) is 0 Å². The summed E-state index contributed by atoms with van der Waals surface area (Å²) in [6, 6.07) is 2.58. The number of halogens is 1. The predicted octanol–water partition coefficient (Wildman–Crippen LogP) is 1.12. The summed E-state index contributed by atoms with van der Waals surface area (Å²) in [5.74, 6) is -2.32. The summed E-state index contributed by atoms with van der Waals surface area (Å²) in [7, 11) is 2.95. The maximum absolute atomic E-state index is 13.6. The molecule has 0 radical (unpaired) electrons. The van der Waals surface area contributed by atoms with Crippen molar-refractivity contribution in [2.75, 3.05) is 26.0 Å². The summed E-state index contributed by atoms with van der Waals surface area (Å²) in [6.07, 6.45) is 0.126. The molecule has 3 amide bonds. The fourth-order valence-corrected chi connectivity index (χ4v) is 1.46. The molecule has 0 aliphatic heterocycles. The SMILES string of the molecule is CNC(=O)CCN(C)C(=O)Nc1ccc(C(=O)O)cc1F. The van der Waals surface area contributed by atoms with Crippen LogP contribution < -0.4 is 10.6 Å². The standard InChI is InChI=1S/C13H16FN3O4/c1-15-11(18)5-6-17(2)13(21)16-10-4-3-8(12(19)20)7-9(10)14/h3-4,7H,5-6H2,1-2H3,(H,15,18)(H,16,21)(H,19,20). The van der Waals surface area contributed by atoms with Gasteiger partial charge in [-0.15, -0.1) is 0 Å². The Morgan fingerprint density at radius 3 is 2.52 bits per heavy atom. The number of aromatic carboxylic acids is 1. The number of nitrogens with one attached hydrogen (secondary N) is 2. The lowest BCUT2D eigenvalue weighted by atomic mass is 10.2. The number of carboxylic acid groups (broad SMARTS) is 1. The van der Waals surface area contributed by atoms with Gasteiger partial charge in [0.25, 0.3) is 0 Å². The lowest BCUT2D eigenvalue weighted by Crippen LogP contribution is -2.34. The molecule has 21 heavy (non-hydrogen) atoms. The molecule has 0 unspecified atom stereocenters. The number of amides is 3. The molecule has 0 aromatic heterocycles. The van der Waals surface area contributed by atoms with E-state index in [2.05, 4.69) is 10.6 Å². The molecule has 8 heteroatoms. The Morgan fingerprint density at radius 1 is 1.33 bits per heavy atom. The lowest BCUT2D eigenvalue weighted by Gasteiger charge is -2.17. The molecule has 0 heterocycles. The third-order valence-electron chi connectivity index (χ3n) is 2.76. The summed E-state index contributed by atoms with van der Waals surface area (Å²) in [5, 5.41) is 13.4. The van der Waals surface area contributed by atoms with Gasteiger partial charge in [-0.2, -0.15) is 0 Å². The number of carbonyl (C=O) groups excluding carboxylic acids is 2. The molecule has 0 spiro atoms. The second kappa shape index (κ2) is 7.22. The Kier molecular flexibility index (Phi) is 5.65. The first-order chi connectivity index (χ1) is 9.85. The molecule has 0 bridgehead atoms. The van der Waals surface area contributed by atoms with E-state index in [4.69, 9.17) is 5.11 Å². The normalized spacial score (nSPS) is 9.86. The molecular weight excluding hydrogens is 281 g/mol. The van der Waals surface area contributed by atoms with Crippen molar-refractivity contribution in [3.63, 3.8) is 0 Å². The van der Waals surface area contributed by atoms with Gasteiger partial charge in [0.15, 0.2) is 0 Å². The molecule has 7 nitrogen and oxygen atoms in total. The van der Waals surface area contributed by atoms with Crippen LogP contribution in [0.25, 0.3) is 0 Å². The Bertz CT molecular complexity index is 562. The molecule has 0 aliphatic rings. The topological polar surface area (TPSA) is 98.7 Å². The molecule has 1 aromatic carbocycles. The van der Waals surface area contributed by atoms with Gasteiger partial charge < -0.3 is 20.6 Å². The van der Waals surface area contributed by atoms with Crippen molar-refractivity contribution in [1.29, 1.82) is 0 Å². The largest absolute Gasteiger partial charge is 0.478 e. The second-order valence-corrected chi connectivity index (χ2v) is 4.27. The van der Waals surface area contributed by atoms with Crippen molar-refractivity contribution in [1.82, 2.24) is 10.2 Å². The minimum absolute atomic E-state index is 0.126. The van der Waals surface area contributed by atoms with E-state index in [9.17, 15) is 18.8 Å². The van der Waals surface area contributed by atoms with Crippen molar-refractivity contribution in [2.24, 2.45) is 0 Å². The number of benzene rings is 1. The Labute approximate surface area is 120 Å². The van der Waals surface area contributed by atoms with E-state index in [0.717, 1.165) is 6.07 Å². The molecule has 0 aliphatic carbocycles. The zero-order chi connectivity index (χ0) is 16.0. The minimum Gasteiger partial charge on any atom is -0.478 e. The highest BCUT2D eigenvalue weighted by molar-refractivity contribution is 5.92. The molecule has 0 atom stereocenters. The summed E-state index contributed by atoms with van der Waals surface area (Å²) in [4.78, 5) is 34.7. The highest BCUT2D eigenvalue weighted by Gasteiger charge is 2.14. The predicted molar refractivity (Wildman–Crippen MR) is 73.7 cm³/mol. The number of hydrogen-bond acceptors (Lipinski definition) is 3. The van der Waals surface area contributed by atoms with Crippen molar-refractivity contribution in [3.8, 4) is 0 Å². The number of anilines is 1. The Hall–Kier alpha value is -2.64. The number of urea groups is 1. The fourth-order valence-electron chi connectivity index (χ4n) is 1.46. The van der Waals surface area contributed by atoms with Crippen LogP contribution >= 0.6 is 0 Å². The van der Waals surface area contributed by atoms with E-state index in [-0.39, 0.29) is 30.1 Å². The summed E-state index contributed by atoms with van der Waals surface area (Å²) in [6.45, 7) is 0.167. The average Bonchev–Trinajstić information content (AvgIpc) is 2.45. The van der Waals surface area contributed by atoms with Crippen LogP contribution in [0.4, 0.5) is 14.9 Å². The highest BCUT2D eigenvalue weighted by Crippen LogP contribution is 2.16. The van der Waals surface area contributed by atoms with Gasteiger partial charge in [0.05, 0.1) is 11.3 Å². The maximum atomic E-state index is 13.6. The van der Waals surface area contributed by atoms with E-state index >= 15 is 0 Å². The summed E-state index contributed by atoms with van der Waals surface area (Å²) in [5.41, 5.74) is -0.338. The zero-order valence-corrected chi connectivity index (χ0v) is 11.6. The first-order valence-electron chi connectivity index (χ1n) is 6.10. The number of carboxylic acids is 1.